The van der Waals surface area contributed by atoms with Gasteiger partial charge in [0.1, 0.15) is 5.78 Å². The standard InChI is InChI=1S/C13H23NO/c1-5-8-13(14-4)11(2)9-6-7-10-12(3)15/h5,8,14H,6-7,9-10H2,1-4H3/b8-5-,13-11-. The lowest BCUT2D eigenvalue weighted by Crippen LogP contribution is -2.06. The minimum Gasteiger partial charge on any atom is -0.388 e. The minimum absolute atomic E-state index is 0.291. The predicted molar refractivity (Wildman–Crippen MR) is 65.7 cm³/mol. The molecular weight excluding hydrogens is 186 g/mol. The van der Waals surface area contributed by atoms with Crippen molar-refractivity contribution in [2.24, 2.45) is 0 Å². The zero-order valence-corrected chi connectivity index (χ0v) is 10.4. The predicted octanol–water partition coefficient (Wildman–Crippen LogP) is 3.21. The summed E-state index contributed by atoms with van der Waals surface area (Å²) in [4.78, 5) is 10.7. The zero-order chi connectivity index (χ0) is 11.7. The molecule has 0 aromatic carbocycles. The number of Topliss-reactive ketones (excluding diaryl/α,β-unsaturated/α-hetero) is 1. The molecule has 0 aliphatic rings. The van der Waals surface area contributed by atoms with Gasteiger partial charge in [0.25, 0.3) is 0 Å². The van der Waals surface area contributed by atoms with Crippen LogP contribution in [0, 0.1) is 0 Å². The molecule has 86 valence electrons. The van der Waals surface area contributed by atoms with Gasteiger partial charge in [-0.3, -0.25) is 0 Å². The van der Waals surface area contributed by atoms with E-state index in [1.165, 1.54) is 11.3 Å². The van der Waals surface area contributed by atoms with Crippen molar-refractivity contribution in [3.63, 3.8) is 0 Å². The van der Waals surface area contributed by atoms with Gasteiger partial charge in [-0.1, -0.05) is 11.6 Å². The minimum atomic E-state index is 0.291. The van der Waals surface area contributed by atoms with Gasteiger partial charge in [0.05, 0.1) is 0 Å². The summed E-state index contributed by atoms with van der Waals surface area (Å²) in [6, 6.07) is 0. The number of rotatable bonds is 7. The summed E-state index contributed by atoms with van der Waals surface area (Å²) in [5.74, 6) is 0.291. The summed E-state index contributed by atoms with van der Waals surface area (Å²) >= 11 is 0. The molecule has 0 amide bonds. The lowest BCUT2D eigenvalue weighted by molar-refractivity contribution is -0.117. The van der Waals surface area contributed by atoms with Crippen LogP contribution in [0.3, 0.4) is 0 Å². The molecule has 0 atom stereocenters. The lowest BCUT2D eigenvalue weighted by Gasteiger charge is -2.07. The third kappa shape index (κ3) is 6.95. The first kappa shape index (κ1) is 13.9. The number of hydrogen-bond acceptors (Lipinski definition) is 2. The molecule has 0 aliphatic carbocycles. The van der Waals surface area contributed by atoms with Crippen LogP contribution in [0.5, 0.6) is 0 Å². The fourth-order valence-corrected chi connectivity index (χ4v) is 1.50. The van der Waals surface area contributed by atoms with Gasteiger partial charge in [0.2, 0.25) is 0 Å². The van der Waals surface area contributed by atoms with E-state index in [1.54, 1.807) is 6.92 Å². The molecule has 15 heavy (non-hydrogen) atoms. The van der Waals surface area contributed by atoms with Crippen molar-refractivity contribution in [1.29, 1.82) is 0 Å². The van der Waals surface area contributed by atoms with Crippen molar-refractivity contribution >= 4 is 5.78 Å². The molecule has 0 bridgehead atoms. The third-order valence-corrected chi connectivity index (χ3v) is 2.39. The molecule has 0 fully saturated rings. The Morgan fingerprint density at radius 2 is 1.80 bits per heavy atom. The second-order valence-corrected chi connectivity index (χ2v) is 3.85. The molecule has 0 rings (SSSR count). The van der Waals surface area contributed by atoms with E-state index in [-0.39, 0.29) is 0 Å². The van der Waals surface area contributed by atoms with Crippen LogP contribution in [0.4, 0.5) is 0 Å². The van der Waals surface area contributed by atoms with E-state index in [1.807, 2.05) is 20.0 Å². The Morgan fingerprint density at radius 3 is 2.27 bits per heavy atom. The normalized spacial score (nSPS) is 12.8. The second-order valence-electron chi connectivity index (χ2n) is 3.85. The van der Waals surface area contributed by atoms with E-state index in [0.29, 0.717) is 12.2 Å². The van der Waals surface area contributed by atoms with Crippen LogP contribution in [-0.2, 0) is 4.79 Å². The first-order valence-electron chi connectivity index (χ1n) is 5.61. The van der Waals surface area contributed by atoms with Crippen molar-refractivity contribution in [1.82, 2.24) is 5.32 Å². The molecule has 2 heteroatoms. The Balaban J connectivity index is 3.98. The topological polar surface area (TPSA) is 29.1 Å². The monoisotopic (exact) mass is 209 g/mol. The molecule has 0 aliphatic heterocycles. The third-order valence-electron chi connectivity index (χ3n) is 2.39. The summed E-state index contributed by atoms with van der Waals surface area (Å²) in [7, 11) is 1.94. The average Bonchev–Trinajstić information content (AvgIpc) is 2.20. The Morgan fingerprint density at radius 1 is 1.20 bits per heavy atom. The molecule has 0 spiro atoms. The van der Waals surface area contributed by atoms with Gasteiger partial charge in [0.15, 0.2) is 0 Å². The summed E-state index contributed by atoms with van der Waals surface area (Å²) in [5, 5.41) is 3.18. The van der Waals surface area contributed by atoms with Crippen LogP contribution in [0.2, 0.25) is 0 Å². The van der Waals surface area contributed by atoms with Gasteiger partial charge in [-0.05, 0) is 46.1 Å². The Labute approximate surface area is 93.5 Å². The Bertz CT molecular complexity index is 251. The summed E-state index contributed by atoms with van der Waals surface area (Å²) in [5.41, 5.74) is 2.56. The van der Waals surface area contributed by atoms with Gasteiger partial charge in [-0.2, -0.15) is 0 Å². The molecule has 0 heterocycles. The number of hydrogen-bond donors (Lipinski definition) is 1. The first-order valence-corrected chi connectivity index (χ1v) is 5.61. The maximum Gasteiger partial charge on any atom is 0.129 e. The van der Waals surface area contributed by atoms with E-state index < -0.39 is 0 Å². The van der Waals surface area contributed by atoms with Crippen molar-refractivity contribution in [2.75, 3.05) is 7.05 Å². The van der Waals surface area contributed by atoms with E-state index >= 15 is 0 Å². The van der Waals surface area contributed by atoms with Gasteiger partial charge in [-0.25, -0.2) is 0 Å². The highest BCUT2D eigenvalue weighted by Crippen LogP contribution is 2.12. The lowest BCUT2D eigenvalue weighted by atomic mass is 10.1. The van der Waals surface area contributed by atoms with Gasteiger partial charge < -0.3 is 10.1 Å². The summed E-state index contributed by atoms with van der Waals surface area (Å²) in [6.45, 7) is 5.81. The molecule has 0 saturated carbocycles. The number of ketones is 1. The number of allylic oxidation sites excluding steroid dienone is 3. The van der Waals surface area contributed by atoms with Gasteiger partial charge >= 0.3 is 0 Å². The maximum atomic E-state index is 10.7. The van der Waals surface area contributed by atoms with Gasteiger partial charge in [0, 0.05) is 19.2 Å². The highest BCUT2D eigenvalue weighted by atomic mass is 16.1. The zero-order valence-electron chi connectivity index (χ0n) is 10.4. The van der Waals surface area contributed by atoms with Crippen molar-refractivity contribution in [3.05, 3.63) is 23.4 Å². The quantitative estimate of drug-likeness (QED) is 0.515. The average molecular weight is 209 g/mol. The first-order chi connectivity index (χ1) is 7.11. The molecule has 0 unspecified atom stereocenters. The number of carbonyl (C=O) groups excluding carboxylic acids is 1. The highest BCUT2D eigenvalue weighted by Gasteiger charge is 1.98. The molecule has 1 N–H and O–H groups in total. The Kier molecular flexibility index (Phi) is 7.69. The maximum absolute atomic E-state index is 10.7. The van der Waals surface area contributed by atoms with E-state index in [0.717, 1.165) is 19.3 Å². The van der Waals surface area contributed by atoms with Gasteiger partial charge in [-0.15, -0.1) is 0 Å². The molecule has 2 nitrogen and oxygen atoms in total. The van der Waals surface area contributed by atoms with Crippen LogP contribution in [0.15, 0.2) is 23.4 Å². The van der Waals surface area contributed by atoms with Crippen LogP contribution in [-0.4, -0.2) is 12.8 Å². The number of likely N-dealkylation sites (N-methyl/N-ethyl adjacent to an activating group) is 1. The highest BCUT2D eigenvalue weighted by molar-refractivity contribution is 5.75. The van der Waals surface area contributed by atoms with Crippen molar-refractivity contribution in [2.45, 2.75) is 46.5 Å². The second kappa shape index (κ2) is 8.27. The van der Waals surface area contributed by atoms with E-state index in [4.69, 9.17) is 0 Å². The van der Waals surface area contributed by atoms with E-state index in [9.17, 15) is 4.79 Å². The van der Waals surface area contributed by atoms with Crippen LogP contribution >= 0.6 is 0 Å². The van der Waals surface area contributed by atoms with Crippen LogP contribution in [0.1, 0.15) is 46.5 Å². The van der Waals surface area contributed by atoms with E-state index in [2.05, 4.69) is 18.3 Å². The van der Waals surface area contributed by atoms with Crippen LogP contribution < -0.4 is 5.32 Å². The molecule has 0 aromatic rings. The molecular formula is C13H23NO. The SMILES string of the molecule is C/C=C\C(NC)=C(/C)CCCCC(C)=O. The smallest absolute Gasteiger partial charge is 0.129 e. The van der Waals surface area contributed by atoms with Crippen molar-refractivity contribution in [3.8, 4) is 0 Å². The number of carbonyl (C=O) groups is 1. The number of nitrogens with one attached hydrogen (secondary N) is 1. The largest absolute Gasteiger partial charge is 0.388 e. The molecule has 0 radical (unpaired) electrons. The molecule has 0 aromatic heterocycles. The van der Waals surface area contributed by atoms with Crippen molar-refractivity contribution < 1.29 is 4.79 Å². The summed E-state index contributed by atoms with van der Waals surface area (Å²) in [6.07, 6.45) is 7.98. The molecule has 0 saturated heterocycles. The van der Waals surface area contributed by atoms with Crippen LogP contribution in [0.25, 0.3) is 0 Å². The fraction of sp³-hybridized carbons (Fsp3) is 0.615. The fourth-order valence-electron chi connectivity index (χ4n) is 1.50. The summed E-state index contributed by atoms with van der Waals surface area (Å²) < 4.78 is 0. The number of unbranched alkanes of at least 4 members (excludes halogenated alkanes) is 1. The Hall–Kier alpha value is -1.05.